The summed E-state index contributed by atoms with van der Waals surface area (Å²) in [5, 5.41) is 0.990. The van der Waals surface area contributed by atoms with E-state index in [1.54, 1.807) is 0 Å². The fourth-order valence-electron chi connectivity index (χ4n) is 1.91. The number of nitrogens with zero attached hydrogens (tertiary/aromatic N) is 1. The maximum absolute atomic E-state index is 12.4. The average molecular weight is 288 g/mol. The van der Waals surface area contributed by atoms with Gasteiger partial charge in [-0.25, -0.2) is 0 Å². The van der Waals surface area contributed by atoms with Crippen molar-refractivity contribution in [2.45, 2.75) is 5.32 Å². The zero-order valence-electron chi connectivity index (χ0n) is 9.17. The van der Waals surface area contributed by atoms with Crippen molar-refractivity contribution >= 4 is 26.8 Å². The standard InChI is InChI=1S/C14H11NOSe/c16-14-13-9-5-4-6-11(13)10-17-15(14)12-7-2-1-3-8-12/h1-9H,10H2. The molecule has 2 aromatic rings. The van der Waals surface area contributed by atoms with Gasteiger partial charge in [0.1, 0.15) is 0 Å². The van der Waals surface area contributed by atoms with Gasteiger partial charge in [-0.05, 0) is 0 Å². The summed E-state index contributed by atoms with van der Waals surface area (Å²) in [4.78, 5) is 12.4. The van der Waals surface area contributed by atoms with Gasteiger partial charge in [0.25, 0.3) is 0 Å². The van der Waals surface area contributed by atoms with Crippen LogP contribution in [0.4, 0.5) is 5.69 Å². The molecule has 0 saturated carbocycles. The molecule has 84 valence electrons. The molecule has 0 spiro atoms. The maximum atomic E-state index is 12.4. The van der Waals surface area contributed by atoms with Crippen molar-refractivity contribution in [1.82, 2.24) is 0 Å². The van der Waals surface area contributed by atoms with Crippen LogP contribution in [-0.4, -0.2) is 21.1 Å². The molecule has 3 heteroatoms. The normalized spacial score (nSPS) is 14.6. The number of fused-ring (bicyclic) bond motifs is 1. The second kappa shape index (κ2) is 4.36. The zero-order chi connectivity index (χ0) is 11.7. The van der Waals surface area contributed by atoms with Gasteiger partial charge >= 0.3 is 107 Å². The molecule has 0 N–H and O–H groups in total. The van der Waals surface area contributed by atoms with E-state index in [9.17, 15) is 4.79 Å². The number of benzene rings is 2. The third kappa shape index (κ3) is 1.88. The summed E-state index contributed by atoms with van der Waals surface area (Å²) in [5.74, 6) is 0.137. The Bertz CT molecular complexity index is 553. The Morgan fingerprint density at radius 1 is 0.941 bits per heavy atom. The topological polar surface area (TPSA) is 20.3 Å². The van der Waals surface area contributed by atoms with Crippen molar-refractivity contribution in [3.63, 3.8) is 0 Å². The van der Waals surface area contributed by atoms with Crippen LogP contribution in [0.2, 0.25) is 0 Å². The van der Waals surface area contributed by atoms with Gasteiger partial charge in [-0.2, -0.15) is 0 Å². The Kier molecular flexibility index (Phi) is 2.71. The van der Waals surface area contributed by atoms with Crippen molar-refractivity contribution in [1.29, 1.82) is 0 Å². The van der Waals surface area contributed by atoms with Crippen molar-refractivity contribution in [3.8, 4) is 0 Å². The molecule has 0 atom stereocenters. The van der Waals surface area contributed by atoms with Crippen LogP contribution in [0.25, 0.3) is 0 Å². The summed E-state index contributed by atoms with van der Waals surface area (Å²) in [7, 11) is 0. The molecular weight excluding hydrogens is 277 g/mol. The summed E-state index contributed by atoms with van der Waals surface area (Å²) < 4.78 is 1.91. The minimum absolute atomic E-state index is 0.137. The number of amides is 1. The van der Waals surface area contributed by atoms with E-state index in [0.29, 0.717) is 0 Å². The quantitative estimate of drug-likeness (QED) is 0.738. The van der Waals surface area contributed by atoms with Crippen LogP contribution in [0.5, 0.6) is 0 Å². The molecule has 0 fully saturated rings. The molecule has 0 aromatic heterocycles. The van der Waals surface area contributed by atoms with E-state index in [-0.39, 0.29) is 21.1 Å². The molecule has 1 aliphatic rings. The summed E-state index contributed by atoms with van der Waals surface area (Å²) >= 11 is 0.173. The van der Waals surface area contributed by atoms with E-state index in [1.165, 1.54) is 5.56 Å². The first-order chi connectivity index (χ1) is 8.36. The van der Waals surface area contributed by atoms with Crippen LogP contribution in [-0.2, 0) is 5.32 Å². The molecule has 0 unspecified atom stereocenters. The molecule has 3 rings (SSSR count). The van der Waals surface area contributed by atoms with Gasteiger partial charge in [-0.1, -0.05) is 0 Å². The molecule has 1 amide bonds. The van der Waals surface area contributed by atoms with Crippen LogP contribution >= 0.6 is 0 Å². The Morgan fingerprint density at radius 3 is 2.47 bits per heavy atom. The van der Waals surface area contributed by atoms with Gasteiger partial charge in [0.2, 0.25) is 0 Å². The zero-order valence-corrected chi connectivity index (χ0v) is 10.9. The average Bonchev–Trinajstić information content (AvgIpc) is 2.40. The van der Waals surface area contributed by atoms with Crippen molar-refractivity contribution < 1.29 is 4.79 Å². The SMILES string of the molecule is O=C1c2ccccc2C[Se]N1c1ccccc1. The van der Waals surface area contributed by atoms with Gasteiger partial charge in [0.15, 0.2) is 0 Å². The number of carbonyl (C=O) groups is 1. The number of rotatable bonds is 1. The first-order valence-electron chi connectivity index (χ1n) is 5.46. The van der Waals surface area contributed by atoms with Gasteiger partial charge in [-0.3, -0.25) is 0 Å². The van der Waals surface area contributed by atoms with Gasteiger partial charge in [-0.15, -0.1) is 0 Å². The fourth-order valence-corrected chi connectivity index (χ4v) is 4.02. The van der Waals surface area contributed by atoms with Crippen molar-refractivity contribution in [3.05, 3.63) is 65.7 Å². The predicted molar refractivity (Wildman–Crippen MR) is 69.2 cm³/mol. The number of hydrogen-bond acceptors (Lipinski definition) is 1. The molecule has 0 saturated heterocycles. The van der Waals surface area contributed by atoms with E-state index in [4.69, 9.17) is 0 Å². The van der Waals surface area contributed by atoms with Crippen LogP contribution in [0.1, 0.15) is 15.9 Å². The monoisotopic (exact) mass is 289 g/mol. The van der Waals surface area contributed by atoms with Crippen LogP contribution < -0.4 is 3.92 Å². The third-order valence-electron chi connectivity index (χ3n) is 2.77. The predicted octanol–water partition coefficient (Wildman–Crippen LogP) is 2.47. The van der Waals surface area contributed by atoms with E-state index >= 15 is 0 Å². The number of carbonyl (C=O) groups excluding carboxylic acids is 1. The molecule has 1 heterocycles. The Labute approximate surface area is 107 Å². The summed E-state index contributed by atoms with van der Waals surface area (Å²) in [6.07, 6.45) is 0. The number of anilines is 1. The molecule has 0 bridgehead atoms. The molecular formula is C14H11NOSe. The van der Waals surface area contributed by atoms with Crippen LogP contribution in [0, 0.1) is 0 Å². The molecule has 0 radical (unpaired) electrons. The van der Waals surface area contributed by atoms with Crippen molar-refractivity contribution in [2.24, 2.45) is 0 Å². The van der Waals surface area contributed by atoms with E-state index < -0.39 is 0 Å². The van der Waals surface area contributed by atoms with Gasteiger partial charge in [0, 0.05) is 0 Å². The molecule has 17 heavy (non-hydrogen) atoms. The van der Waals surface area contributed by atoms with Crippen molar-refractivity contribution in [2.75, 3.05) is 3.92 Å². The number of para-hydroxylation sites is 1. The first-order valence-corrected chi connectivity index (χ1v) is 7.44. The molecule has 0 aliphatic carbocycles. The fraction of sp³-hybridized carbons (Fsp3) is 0.0714. The first kappa shape index (κ1) is 10.6. The van der Waals surface area contributed by atoms with Gasteiger partial charge in [0.05, 0.1) is 0 Å². The summed E-state index contributed by atoms with van der Waals surface area (Å²) in [5.41, 5.74) is 3.04. The molecule has 1 aliphatic heterocycles. The summed E-state index contributed by atoms with van der Waals surface area (Å²) in [6.45, 7) is 0. The second-order valence-corrected chi connectivity index (χ2v) is 5.78. The second-order valence-electron chi connectivity index (χ2n) is 3.87. The number of hydrogen-bond donors (Lipinski definition) is 0. The Morgan fingerprint density at radius 2 is 1.65 bits per heavy atom. The molecule has 2 nitrogen and oxygen atoms in total. The minimum atomic E-state index is 0.137. The Balaban J connectivity index is 2.00. The summed E-state index contributed by atoms with van der Waals surface area (Å²) in [6, 6.07) is 17.8. The third-order valence-corrected chi connectivity index (χ3v) is 5.03. The van der Waals surface area contributed by atoms with E-state index in [1.807, 2.05) is 52.4 Å². The van der Waals surface area contributed by atoms with E-state index in [0.717, 1.165) is 16.6 Å². The van der Waals surface area contributed by atoms with Crippen LogP contribution in [0.15, 0.2) is 54.6 Å². The molecule has 2 aromatic carbocycles. The Hall–Kier alpha value is -1.57. The van der Waals surface area contributed by atoms with E-state index in [2.05, 4.69) is 6.07 Å². The van der Waals surface area contributed by atoms with Gasteiger partial charge < -0.3 is 0 Å². The van der Waals surface area contributed by atoms with Crippen LogP contribution in [0.3, 0.4) is 0 Å².